The lowest BCUT2D eigenvalue weighted by Gasteiger charge is -2.31. The van der Waals surface area contributed by atoms with Gasteiger partial charge < -0.3 is 18.6 Å². The van der Waals surface area contributed by atoms with E-state index in [-0.39, 0.29) is 11.5 Å². The molecule has 0 spiro atoms. The molecule has 0 bridgehead atoms. The van der Waals surface area contributed by atoms with Crippen LogP contribution in [0.2, 0.25) is 0 Å². The van der Waals surface area contributed by atoms with E-state index in [1.54, 1.807) is 50.0 Å². The molecule has 0 amide bonds. The molecule has 1 unspecified atom stereocenters. The molecule has 8 nitrogen and oxygen atoms in total. The fraction of sp³-hybridized carbons (Fsp3) is 0.194. The number of methoxy groups -OCH3 is 2. The van der Waals surface area contributed by atoms with Crippen molar-refractivity contribution in [3.05, 3.63) is 132 Å². The van der Waals surface area contributed by atoms with Crippen molar-refractivity contribution in [2.24, 2.45) is 4.99 Å². The van der Waals surface area contributed by atoms with E-state index in [0.717, 1.165) is 40.8 Å². The van der Waals surface area contributed by atoms with Crippen LogP contribution in [0.25, 0.3) is 23.1 Å². The van der Waals surface area contributed by atoms with E-state index >= 15 is 0 Å². The first-order valence-electron chi connectivity index (χ1n) is 14.7. The van der Waals surface area contributed by atoms with Crippen LogP contribution < -0.4 is 24.4 Å². The third kappa shape index (κ3) is 5.09. The summed E-state index contributed by atoms with van der Waals surface area (Å²) in [6.45, 7) is 2.07. The normalized spacial score (nSPS) is 15.5. The molecule has 1 aliphatic carbocycles. The van der Waals surface area contributed by atoms with Crippen molar-refractivity contribution in [2.45, 2.75) is 25.8 Å². The fourth-order valence-electron chi connectivity index (χ4n) is 6.08. The SMILES string of the molecule is CCOC(=O)c1cccc(-c2ccc(/C=c3\sc4n(c3=O)C(c3cc(OC)ccc3OC)C3=C(N=4)c4ccccc4CC3)o2)c1. The lowest BCUT2D eigenvalue weighted by atomic mass is 9.83. The predicted molar refractivity (Wildman–Crippen MR) is 172 cm³/mol. The van der Waals surface area contributed by atoms with Gasteiger partial charge in [0, 0.05) is 22.8 Å². The standard InChI is InChI=1S/C36H30N2O6S/c1-4-43-35(40)23-10-7-9-22(18-23)29-16-14-25(44-29)20-31-34(39)38-33(28-19-24(41-2)13-17-30(28)42-3)27-15-12-21-8-5-6-11-26(21)32(27)37-36(38)45-31/h5-11,13-14,16-20,33H,4,12,15H2,1-3H3/b31-20-. The summed E-state index contributed by atoms with van der Waals surface area (Å²) in [5, 5.41) is 0. The third-order valence-corrected chi connectivity index (χ3v) is 9.15. The molecule has 2 aromatic heterocycles. The first-order valence-corrected chi connectivity index (χ1v) is 15.5. The lowest BCUT2D eigenvalue weighted by Crippen LogP contribution is -2.39. The molecule has 0 saturated heterocycles. The zero-order valence-corrected chi connectivity index (χ0v) is 25.9. The predicted octanol–water partition coefficient (Wildman–Crippen LogP) is 5.77. The molecule has 45 heavy (non-hydrogen) atoms. The quantitative estimate of drug-likeness (QED) is 0.215. The number of carbonyl (C=O) groups is 1. The Bertz CT molecular complexity index is 2170. The fourth-order valence-corrected chi connectivity index (χ4v) is 7.06. The molecular weight excluding hydrogens is 588 g/mol. The monoisotopic (exact) mass is 618 g/mol. The summed E-state index contributed by atoms with van der Waals surface area (Å²) >= 11 is 1.33. The van der Waals surface area contributed by atoms with Gasteiger partial charge in [-0.05, 0) is 73.4 Å². The third-order valence-electron chi connectivity index (χ3n) is 8.16. The smallest absolute Gasteiger partial charge is 0.338 e. The molecule has 5 aromatic rings. The minimum atomic E-state index is -0.422. The molecule has 7 rings (SSSR count). The molecule has 2 aliphatic rings. The minimum absolute atomic E-state index is 0.165. The highest BCUT2D eigenvalue weighted by atomic mass is 32.1. The number of rotatable bonds is 7. The van der Waals surface area contributed by atoms with Gasteiger partial charge in [0.2, 0.25) is 0 Å². The molecule has 226 valence electrons. The number of thiazole rings is 1. The van der Waals surface area contributed by atoms with Gasteiger partial charge in [0.15, 0.2) is 4.80 Å². The van der Waals surface area contributed by atoms with E-state index in [4.69, 9.17) is 23.6 Å². The van der Waals surface area contributed by atoms with Gasteiger partial charge in [-0.25, -0.2) is 9.79 Å². The number of hydrogen-bond donors (Lipinski definition) is 0. The number of carbonyl (C=O) groups excluding carboxylic acids is 1. The van der Waals surface area contributed by atoms with Crippen LogP contribution in [0.3, 0.4) is 0 Å². The number of aryl methyl sites for hydroxylation is 1. The Morgan fingerprint density at radius 1 is 1.02 bits per heavy atom. The van der Waals surface area contributed by atoms with Crippen LogP contribution in [0, 0.1) is 0 Å². The molecular formula is C36H30N2O6S. The van der Waals surface area contributed by atoms with Gasteiger partial charge in [0.25, 0.3) is 5.56 Å². The first kappa shape index (κ1) is 28.6. The number of fused-ring (bicyclic) bond motifs is 3. The number of furan rings is 1. The summed E-state index contributed by atoms with van der Waals surface area (Å²) < 4.78 is 25.0. The van der Waals surface area contributed by atoms with Gasteiger partial charge >= 0.3 is 5.97 Å². The van der Waals surface area contributed by atoms with Crippen LogP contribution in [0.1, 0.15) is 52.2 Å². The van der Waals surface area contributed by atoms with Crippen LogP contribution in [0.4, 0.5) is 0 Å². The number of esters is 1. The summed E-state index contributed by atoms with van der Waals surface area (Å²) in [7, 11) is 3.26. The summed E-state index contributed by atoms with van der Waals surface area (Å²) in [6.07, 6.45) is 3.36. The Kier molecular flexibility index (Phi) is 7.47. The van der Waals surface area contributed by atoms with Crippen molar-refractivity contribution >= 4 is 29.1 Å². The minimum Gasteiger partial charge on any atom is -0.497 e. The van der Waals surface area contributed by atoms with Crippen molar-refractivity contribution < 1.29 is 23.4 Å². The number of benzene rings is 3. The molecule has 1 aliphatic heterocycles. The number of allylic oxidation sites excluding steroid dienone is 1. The zero-order valence-electron chi connectivity index (χ0n) is 25.0. The average molecular weight is 619 g/mol. The molecule has 0 radical (unpaired) electrons. The zero-order chi connectivity index (χ0) is 31.1. The lowest BCUT2D eigenvalue weighted by molar-refractivity contribution is 0.0526. The van der Waals surface area contributed by atoms with Crippen LogP contribution >= 0.6 is 11.3 Å². The topological polar surface area (TPSA) is 92.3 Å². The first-order chi connectivity index (χ1) is 22.0. The molecule has 9 heteroatoms. The van der Waals surface area contributed by atoms with Crippen molar-refractivity contribution in [3.63, 3.8) is 0 Å². The van der Waals surface area contributed by atoms with Gasteiger partial charge in [0.05, 0.1) is 42.7 Å². The average Bonchev–Trinajstić information content (AvgIpc) is 3.67. The second kappa shape index (κ2) is 11.7. The van der Waals surface area contributed by atoms with Crippen LogP contribution in [0.15, 0.2) is 98.6 Å². The molecule has 1 atom stereocenters. The van der Waals surface area contributed by atoms with Crippen molar-refractivity contribution in [3.8, 4) is 22.8 Å². The molecule has 0 saturated carbocycles. The van der Waals surface area contributed by atoms with E-state index < -0.39 is 6.04 Å². The molecule has 3 heterocycles. The largest absolute Gasteiger partial charge is 0.497 e. The summed E-state index contributed by atoms with van der Waals surface area (Å²) in [6, 6.07) is 24.3. The van der Waals surface area contributed by atoms with Gasteiger partial charge in [0.1, 0.15) is 23.0 Å². The van der Waals surface area contributed by atoms with Crippen LogP contribution in [0.5, 0.6) is 11.5 Å². The summed E-state index contributed by atoms with van der Waals surface area (Å²) in [5.74, 6) is 2.05. The van der Waals surface area contributed by atoms with Crippen molar-refractivity contribution in [1.82, 2.24) is 4.57 Å². The van der Waals surface area contributed by atoms with E-state index in [1.807, 2.05) is 42.5 Å². The Morgan fingerprint density at radius 3 is 2.71 bits per heavy atom. The van der Waals surface area contributed by atoms with Gasteiger partial charge in [-0.1, -0.05) is 47.7 Å². The molecule has 0 N–H and O–H groups in total. The van der Waals surface area contributed by atoms with Gasteiger partial charge in [-0.3, -0.25) is 9.36 Å². The van der Waals surface area contributed by atoms with Crippen LogP contribution in [-0.4, -0.2) is 31.4 Å². The van der Waals surface area contributed by atoms with Gasteiger partial charge in [-0.2, -0.15) is 0 Å². The van der Waals surface area contributed by atoms with E-state index in [0.29, 0.717) is 44.5 Å². The number of ether oxygens (including phenoxy) is 3. The van der Waals surface area contributed by atoms with E-state index in [9.17, 15) is 9.59 Å². The second-order valence-corrected chi connectivity index (χ2v) is 11.7. The van der Waals surface area contributed by atoms with E-state index in [2.05, 4.69) is 18.2 Å². The number of hydrogen-bond acceptors (Lipinski definition) is 8. The number of nitrogens with zero attached hydrogens (tertiary/aromatic N) is 2. The maximum Gasteiger partial charge on any atom is 0.338 e. The summed E-state index contributed by atoms with van der Waals surface area (Å²) in [5.41, 5.74) is 6.16. The maximum absolute atomic E-state index is 14.2. The van der Waals surface area contributed by atoms with Gasteiger partial charge in [-0.15, -0.1) is 0 Å². The van der Waals surface area contributed by atoms with Crippen molar-refractivity contribution in [2.75, 3.05) is 20.8 Å². The summed E-state index contributed by atoms with van der Waals surface area (Å²) in [4.78, 5) is 32.2. The Labute approximate surface area is 263 Å². The van der Waals surface area contributed by atoms with Crippen molar-refractivity contribution in [1.29, 1.82) is 0 Å². The van der Waals surface area contributed by atoms with E-state index in [1.165, 1.54) is 16.9 Å². The molecule has 0 fully saturated rings. The Morgan fingerprint density at radius 2 is 1.89 bits per heavy atom. The van der Waals surface area contributed by atoms with Crippen LogP contribution in [-0.2, 0) is 11.2 Å². The highest BCUT2D eigenvalue weighted by Gasteiger charge is 2.34. The molecule has 3 aromatic carbocycles. The maximum atomic E-state index is 14.2. The second-order valence-electron chi connectivity index (χ2n) is 10.7. The Hall–Kier alpha value is -5.15. The highest BCUT2D eigenvalue weighted by molar-refractivity contribution is 7.07. The Balaban J connectivity index is 1.37. The highest BCUT2D eigenvalue weighted by Crippen LogP contribution is 2.44. The number of aromatic nitrogens is 1.